The number of benzene rings is 1. The van der Waals surface area contributed by atoms with E-state index in [0.717, 1.165) is 11.1 Å². The molecule has 0 aliphatic heterocycles. The number of methoxy groups -OCH3 is 1. The lowest BCUT2D eigenvalue weighted by Crippen LogP contribution is -2.13. The third-order valence-electron chi connectivity index (χ3n) is 2.12. The molecule has 1 aromatic carbocycles. The van der Waals surface area contributed by atoms with E-state index in [0.29, 0.717) is 5.75 Å². The average Bonchev–Trinajstić information content (AvgIpc) is 2.15. The van der Waals surface area contributed by atoms with Crippen molar-refractivity contribution in [2.24, 2.45) is 0 Å². The van der Waals surface area contributed by atoms with Crippen LogP contribution < -0.4 is 4.74 Å². The minimum Gasteiger partial charge on any atom is -0.496 e. The zero-order valence-electron chi connectivity index (χ0n) is 8.83. The number of carbonyl (C=O) groups excluding carboxylic acids is 1. The minimum absolute atomic E-state index is 0.179. The van der Waals surface area contributed by atoms with E-state index in [1.54, 1.807) is 13.8 Å². The van der Waals surface area contributed by atoms with Crippen molar-refractivity contribution >= 4 is 11.8 Å². The molecular formula is C11H12O4. The fourth-order valence-electron chi connectivity index (χ4n) is 1.53. The second-order valence-electron chi connectivity index (χ2n) is 3.28. The summed E-state index contributed by atoms with van der Waals surface area (Å²) < 4.78 is 5.11. The summed E-state index contributed by atoms with van der Waals surface area (Å²) in [6.07, 6.45) is 0. The number of Topliss-reactive ketones (excluding diaryl/α,β-unsaturated/α-hetero) is 1. The summed E-state index contributed by atoms with van der Waals surface area (Å²) >= 11 is 0. The van der Waals surface area contributed by atoms with Crippen molar-refractivity contribution in [3.63, 3.8) is 0 Å². The Labute approximate surface area is 87.5 Å². The van der Waals surface area contributed by atoms with Gasteiger partial charge in [0, 0.05) is 5.56 Å². The molecule has 0 atom stereocenters. The van der Waals surface area contributed by atoms with Crippen LogP contribution in [0.3, 0.4) is 0 Å². The van der Waals surface area contributed by atoms with E-state index in [2.05, 4.69) is 0 Å². The molecule has 0 aromatic heterocycles. The van der Waals surface area contributed by atoms with Crippen molar-refractivity contribution in [3.05, 3.63) is 28.8 Å². The molecule has 0 amide bonds. The molecule has 0 fully saturated rings. The van der Waals surface area contributed by atoms with Crippen LogP contribution in [0.1, 0.15) is 21.5 Å². The van der Waals surface area contributed by atoms with Crippen LogP contribution in [-0.2, 0) is 4.79 Å². The van der Waals surface area contributed by atoms with E-state index in [4.69, 9.17) is 9.84 Å². The highest BCUT2D eigenvalue weighted by molar-refractivity contribution is 6.39. The van der Waals surface area contributed by atoms with Gasteiger partial charge in [0.15, 0.2) is 0 Å². The van der Waals surface area contributed by atoms with E-state index in [9.17, 15) is 9.59 Å². The van der Waals surface area contributed by atoms with Crippen LogP contribution in [0, 0.1) is 13.8 Å². The molecular weight excluding hydrogens is 196 g/mol. The zero-order chi connectivity index (χ0) is 11.6. The third kappa shape index (κ3) is 2.15. The molecule has 0 saturated heterocycles. The van der Waals surface area contributed by atoms with E-state index < -0.39 is 11.8 Å². The predicted molar refractivity (Wildman–Crippen MR) is 54.4 cm³/mol. The molecule has 0 unspecified atom stereocenters. The molecule has 0 saturated carbocycles. The molecule has 1 aromatic rings. The Morgan fingerprint density at radius 3 is 2.00 bits per heavy atom. The summed E-state index contributed by atoms with van der Waals surface area (Å²) in [4.78, 5) is 21.7. The average molecular weight is 208 g/mol. The van der Waals surface area contributed by atoms with Crippen molar-refractivity contribution in [1.29, 1.82) is 0 Å². The number of rotatable bonds is 3. The van der Waals surface area contributed by atoms with Crippen LogP contribution in [0.5, 0.6) is 5.75 Å². The summed E-state index contributed by atoms with van der Waals surface area (Å²) in [5.41, 5.74) is 1.68. The Morgan fingerprint density at radius 2 is 1.67 bits per heavy atom. The zero-order valence-corrected chi connectivity index (χ0v) is 8.83. The van der Waals surface area contributed by atoms with Crippen molar-refractivity contribution in [3.8, 4) is 5.75 Å². The highest BCUT2D eigenvalue weighted by atomic mass is 16.5. The first-order valence-electron chi connectivity index (χ1n) is 4.40. The number of carbonyl (C=O) groups is 2. The molecule has 15 heavy (non-hydrogen) atoms. The van der Waals surface area contributed by atoms with E-state index in [-0.39, 0.29) is 5.56 Å². The summed E-state index contributed by atoms with van der Waals surface area (Å²) in [7, 11) is 1.54. The number of carboxylic acids is 1. The van der Waals surface area contributed by atoms with Gasteiger partial charge in [-0.15, -0.1) is 0 Å². The smallest absolute Gasteiger partial charge is 0.377 e. The highest BCUT2D eigenvalue weighted by Gasteiger charge is 2.16. The van der Waals surface area contributed by atoms with E-state index in [1.807, 2.05) is 0 Å². The van der Waals surface area contributed by atoms with Crippen LogP contribution in [0.25, 0.3) is 0 Å². The van der Waals surface area contributed by atoms with Gasteiger partial charge >= 0.3 is 5.97 Å². The van der Waals surface area contributed by atoms with Crippen LogP contribution in [-0.4, -0.2) is 24.0 Å². The van der Waals surface area contributed by atoms with Crippen molar-refractivity contribution in [2.75, 3.05) is 7.11 Å². The lowest BCUT2D eigenvalue weighted by Gasteiger charge is -2.09. The Balaban J connectivity index is 3.26. The molecule has 1 rings (SSSR count). The third-order valence-corrected chi connectivity index (χ3v) is 2.12. The number of ether oxygens (including phenoxy) is 1. The SMILES string of the molecule is COc1c(C)cc(C(=O)C(=O)O)cc1C. The van der Waals surface area contributed by atoms with Gasteiger partial charge in [0.05, 0.1) is 7.11 Å². The maximum atomic E-state index is 11.2. The number of ketones is 1. The van der Waals surface area contributed by atoms with E-state index in [1.165, 1.54) is 19.2 Å². The summed E-state index contributed by atoms with van der Waals surface area (Å²) in [6, 6.07) is 3.03. The first-order chi connectivity index (χ1) is 6.97. The first kappa shape index (κ1) is 11.2. The molecule has 0 bridgehead atoms. The summed E-state index contributed by atoms with van der Waals surface area (Å²) in [5, 5.41) is 8.56. The van der Waals surface area contributed by atoms with Crippen LogP contribution >= 0.6 is 0 Å². The predicted octanol–water partition coefficient (Wildman–Crippen LogP) is 1.58. The second kappa shape index (κ2) is 4.13. The monoisotopic (exact) mass is 208 g/mol. The van der Waals surface area contributed by atoms with Gasteiger partial charge in [-0.1, -0.05) is 0 Å². The minimum atomic E-state index is -1.45. The van der Waals surface area contributed by atoms with Crippen molar-refractivity contribution in [2.45, 2.75) is 13.8 Å². The molecule has 4 nitrogen and oxygen atoms in total. The van der Waals surface area contributed by atoms with Crippen molar-refractivity contribution < 1.29 is 19.4 Å². The number of aliphatic carboxylic acids is 1. The van der Waals surface area contributed by atoms with Gasteiger partial charge in [0.1, 0.15) is 5.75 Å². The number of hydrogen-bond acceptors (Lipinski definition) is 3. The van der Waals surface area contributed by atoms with Gasteiger partial charge in [-0.25, -0.2) is 4.79 Å². The van der Waals surface area contributed by atoms with Gasteiger partial charge in [-0.05, 0) is 37.1 Å². The molecule has 0 aliphatic rings. The molecule has 0 radical (unpaired) electrons. The fraction of sp³-hybridized carbons (Fsp3) is 0.273. The molecule has 4 heteroatoms. The standard InChI is InChI=1S/C11H12O4/c1-6-4-8(9(12)11(13)14)5-7(2)10(6)15-3/h4-5H,1-3H3,(H,13,14). The Morgan fingerprint density at radius 1 is 1.20 bits per heavy atom. The summed E-state index contributed by atoms with van der Waals surface area (Å²) in [6.45, 7) is 3.54. The van der Waals surface area contributed by atoms with Gasteiger partial charge in [-0.2, -0.15) is 0 Å². The molecule has 0 aliphatic carbocycles. The van der Waals surface area contributed by atoms with Gasteiger partial charge in [0.25, 0.3) is 5.78 Å². The fourth-order valence-corrected chi connectivity index (χ4v) is 1.53. The number of aryl methyl sites for hydroxylation is 2. The Kier molecular flexibility index (Phi) is 3.09. The van der Waals surface area contributed by atoms with Crippen LogP contribution in [0.2, 0.25) is 0 Å². The van der Waals surface area contributed by atoms with Gasteiger partial charge in [-0.3, -0.25) is 4.79 Å². The maximum absolute atomic E-state index is 11.2. The highest BCUT2D eigenvalue weighted by Crippen LogP contribution is 2.24. The number of carboxylic acid groups (broad SMARTS) is 1. The molecule has 1 N–H and O–H groups in total. The van der Waals surface area contributed by atoms with Crippen LogP contribution in [0.15, 0.2) is 12.1 Å². The first-order valence-corrected chi connectivity index (χ1v) is 4.40. The molecule has 0 spiro atoms. The van der Waals surface area contributed by atoms with Gasteiger partial charge in [0.2, 0.25) is 0 Å². The lowest BCUT2D eigenvalue weighted by atomic mass is 10.0. The molecule has 0 heterocycles. The topological polar surface area (TPSA) is 63.6 Å². The largest absolute Gasteiger partial charge is 0.496 e. The molecule has 80 valence electrons. The Hall–Kier alpha value is -1.84. The van der Waals surface area contributed by atoms with E-state index >= 15 is 0 Å². The van der Waals surface area contributed by atoms with Crippen molar-refractivity contribution in [1.82, 2.24) is 0 Å². The normalized spacial score (nSPS) is 9.80. The number of hydrogen-bond donors (Lipinski definition) is 1. The summed E-state index contributed by atoms with van der Waals surface area (Å²) in [5.74, 6) is -1.67. The van der Waals surface area contributed by atoms with Gasteiger partial charge < -0.3 is 9.84 Å². The second-order valence-corrected chi connectivity index (χ2v) is 3.28. The Bertz CT molecular complexity index is 398. The lowest BCUT2D eigenvalue weighted by molar-refractivity contribution is -0.131. The quantitative estimate of drug-likeness (QED) is 0.605. The van der Waals surface area contributed by atoms with Crippen LogP contribution in [0.4, 0.5) is 0 Å². The maximum Gasteiger partial charge on any atom is 0.377 e.